The molecule has 0 spiro atoms. The van der Waals surface area contributed by atoms with Crippen LogP contribution in [0.1, 0.15) is 26.5 Å². The van der Waals surface area contributed by atoms with Crippen molar-refractivity contribution in [2.75, 3.05) is 5.32 Å². The Morgan fingerprint density at radius 2 is 1.95 bits per heavy atom. The van der Waals surface area contributed by atoms with Crippen LogP contribution in [0.3, 0.4) is 0 Å². The molecule has 106 valence electrons. The maximum Gasteiger partial charge on any atom is 0.212 e. The molecule has 0 atom stereocenters. The monoisotopic (exact) mass is 279 g/mol. The normalized spacial score (nSPS) is 11.4. The number of anilines is 1. The lowest BCUT2D eigenvalue weighted by atomic mass is 9.92. The molecule has 0 fully saturated rings. The molecule has 0 saturated carbocycles. The van der Waals surface area contributed by atoms with Crippen molar-refractivity contribution in [3.05, 3.63) is 41.6 Å². The van der Waals surface area contributed by atoms with Gasteiger partial charge in [0.2, 0.25) is 6.41 Å². The number of carbonyl (C=O) groups excluding carboxylic acids is 1. The Hall–Kier alpha value is -2.24. The average Bonchev–Trinajstić information content (AvgIpc) is 2.73. The van der Waals surface area contributed by atoms with Gasteiger partial charge >= 0.3 is 0 Å². The van der Waals surface area contributed by atoms with Gasteiger partial charge in [0, 0.05) is 17.5 Å². The van der Waals surface area contributed by atoms with Crippen molar-refractivity contribution in [3.8, 4) is 5.69 Å². The smallest absolute Gasteiger partial charge is 0.212 e. The summed E-state index contributed by atoms with van der Waals surface area (Å²) in [7, 11) is 0. The minimum atomic E-state index is -0.748. The molecule has 1 amide bonds. The zero-order valence-corrected chi connectivity index (χ0v) is 11.4. The highest BCUT2D eigenvalue weighted by atomic mass is 19.1. The van der Waals surface area contributed by atoms with E-state index in [0.29, 0.717) is 17.9 Å². The molecule has 6 heteroatoms. The van der Waals surface area contributed by atoms with E-state index in [9.17, 15) is 13.6 Å². The molecule has 0 aliphatic rings. The number of halogens is 2. The molecule has 0 saturated heterocycles. The summed E-state index contributed by atoms with van der Waals surface area (Å²) in [6.45, 7) is 5.85. The second kappa shape index (κ2) is 5.03. The fourth-order valence-electron chi connectivity index (χ4n) is 1.75. The van der Waals surface area contributed by atoms with E-state index in [1.165, 1.54) is 10.7 Å². The van der Waals surface area contributed by atoms with Gasteiger partial charge in [-0.2, -0.15) is 5.10 Å². The summed E-state index contributed by atoms with van der Waals surface area (Å²) in [5.41, 5.74) is 0.498. The molecule has 1 heterocycles. The Kier molecular flexibility index (Phi) is 3.57. The van der Waals surface area contributed by atoms with Crippen LogP contribution >= 0.6 is 0 Å². The summed E-state index contributed by atoms with van der Waals surface area (Å²) in [4.78, 5) is 10.6. The van der Waals surface area contributed by atoms with Crippen LogP contribution in [-0.2, 0) is 10.2 Å². The molecular weight excluding hydrogens is 264 g/mol. The quantitative estimate of drug-likeness (QED) is 0.878. The summed E-state index contributed by atoms with van der Waals surface area (Å²) < 4.78 is 28.1. The maximum absolute atomic E-state index is 13.8. The van der Waals surface area contributed by atoms with Gasteiger partial charge in [0.25, 0.3) is 0 Å². The van der Waals surface area contributed by atoms with Crippen LogP contribution in [0, 0.1) is 11.6 Å². The third-order valence-corrected chi connectivity index (χ3v) is 2.82. The zero-order chi connectivity index (χ0) is 14.9. The number of hydrogen-bond acceptors (Lipinski definition) is 2. The fraction of sp³-hybridized carbons (Fsp3) is 0.286. The van der Waals surface area contributed by atoms with Crippen molar-refractivity contribution in [2.45, 2.75) is 26.2 Å². The van der Waals surface area contributed by atoms with E-state index in [1.807, 2.05) is 20.8 Å². The van der Waals surface area contributed by atoms with Crippen molar-refractivity contribution in [3.63, 3.8) is 0 Å². The van der Waals surface area contributed by atoms with Gasteiger partial charge in [-0.1, -0.05) is 20.8 Å². The van der Waals surface area contributed by atoms with E-state index in [4.69, 9.17) is 0 Å². The number of nitrogens with zero attached hydrogens (tertiary/aromatic N) is 2. The van der Waals surface area contributed by atoms with E-state index in [2.05, 4.69) is 10.4 Å². The maximum atomic E-state index is 13.8. The Balaban J connectivity index is 2.59. The summed E-state index contributed by atoms with van der Waals surface area (Å²) in [5, 5.41) is 6.76. The molecule has 1 N–H and O–H groups in total. The summed E-state index contributed by atoms with van der Waals surface area (Å²) in [5.74, 6) is -1.09. The van der Waals surface area contributed by atoms with Crippen molar-refractivity contribution in [2.24, 2.45) is 0 Å². The van der Waals surface area contributed by atoms with Crippen LogP contribution in [0.4, 0.5) is 14.6 Å². The largest absolute Gasteiger partial charge is 0.313 e. The predicted octanol–water partition coefficient (Wildman–Crippen LogP) is 3.02. The first-order chi connectivity index (χ1) is 9.32. The van der Waals surface area contributed by atoms with Crippen LogP contribution in [0.25, 0.3) is 5.69 Å². The first-order valence-electron chi connectivity index (χ1n) is 6.09. The van der Waals surface area contributed by atoms with Crippen molar-refractivity contribution in [1.82, 2.24) is 9.78 Å². The standard InChI is InChI=1S/C14H15F2N3O/c1-14(2,3)12-7-13(17-8-20)19(18-12)11-5-4-9(15)6-10(11)16/h4-8H,1-3H3,(H,17,20). The molecule has 20 heavy (non-hydrogen) atoms. The lowest BCUT2D eigenvalue weighted by Gasteiger charge is -2.14. The number of carbonyl (C=O) groups is 1. The van der Waals surface area contributed by atoms with E-state index < -0.39 is 11.6 Å². The first kappa shape index (κ1) is 14.2. The SMILES string of the molecule is CC(C)(C)c1cc(NC=O)n(-c2ccc(F)cc2F)n1. The minimum Gasteiger partial charge on any atom is -0.313 e. The Labute approximate surface area is 115 Å². The zero-order valence-electron chi connectivity index (χ0n) is 11.4. The topological polar surface area (TPSA) is 46.9 Å². The summed E-state index contributed by atoms with van der Waals surface area (Å²) >= 11 is 0. The van der Waals surface area contributed by atoms with Gasteiger partial charge in [0.1, 0.15) is 17.3 Å². The van der Waals surface area contributed by atoms with Gasteiger partial charge in [0.05, 0.1) is 5.69 Å². The average molecular weight is 279 g/mol. The van der Waals surface area contributed by atoms with Crippen LogP contribution in [-0.4, -0.2) is 16.2 Å². The molecule has 1 aromatic carbocycles. The third-order valence-electron chi connectivity index (χ3n) is 2.82. The van der Waals surface area contributed by atoms with Crippen LogP contribution < -0.4 is 5.32 Å². The van der Waals surface area contributed by atoms with Gasteiger partial charge in [-0.05, 0) is 12.1 Å². The molecule has 0 aliphatic carbocycles. The molecule has 0 bridgehead atoms. The number of hydrogen-bond donors (Lipinski definition) is 1. The molecule has 2 aromatic rings. The third kappa shape index (κ3) is 2.68. The molecular formula is C14H15F2N3O. The molecule has 0 unspecified atom stereocenters. The number of aromatic nitrogens is 2. The lowest BCUT2D eigenvalue weighted by Crippen LogP contribution is -2.13. The second-order valence-electron chi connectivity index (χ2n) is 5.43. The Morgan fingerprint density at radius 1 is 1.25 bits per heavy atom. The summed E-state index contributed by atoms with van der Waals surface area (Å²) in [6.07, 6.45) is 0.487. The predicted molar refractivity (Wildman–Crippen MR) is 71.9 cm³/mol. The number of amides is 1. The van der Waals surface area contributed by atoms with Gasteiger partial charge < -0.3 is 5.32 Å². The van der Waals surface area contributed by atoms with Gasteiger partial charge in [0.15, 0.2) is 5.82 Å². The van der Waals surface area contributed by atoms with Crippen molar-refractivity contribution >= 4 is 12.2 Å². The fourth-order valence-corrected chi connectivity index (χ4v) is 1.75. The number of rotatable bonds is 3. The highest BCUT2D eigenvalue weighted by Crippen LogP contribution is 2.27. The Bertz CT molecular complexity index is 644. The number of nitrogens with one attached hydrogen (secondary N) is 1. The van der Waals surface area contributed by atoms with Gasteiger partial charge in [-0.15, -0.1) is 0 Å². The van der Waals surface area contributed by atoms with Crippen molar-refractivity contribution < 1.29 is 13.6 Å². The van der Waals surface area contributed by atoms with Crippen LogP contribution in [0.5, 0.6) is 0 Å². The summed E-state index contributed by atoms with van der Waals surface area (Å²) in [6, 6.07) is 4.86. The molecule has 0 radical (unpaired) electrons. The molecule has 2 rings (SSSR count). The number of benzene rings is 1. The van der Waals surface area contributed by atoms with Gasteiger partial charge in [-0.25, -0.2) is 13.5 Å². The highest BCUT2D eigenvalue weighted by molar-refractivity contribution is 5.70. The minimum absolute atomic E-state index is 0.0752. The van der Waals surface area contributed by atoms with E-state index in [1.54, 1.807) is 6.07 Å². The van der Waals surface area contributed by atoms with Crippen LogP contribution in [0.2, 0.25) is 0 Å². The van der Waals surface area contributed by atoms with E-state index in [-0.39, 0.29) is 11.1 Å². The van der Waals surface area contributed by atoms with E-state index >= 15 is 0 Å². The molecule has 4 nitrogen and oxygen atoms in total. The molecule has 0 aliphatic heterocycles. The van der Waals surface area contributed by atoms with Gasteiger partial charge in [-0.3, -0.25) is 4.79 Å². The first-order valence-corrected chi connectivity index (χ1v) is 6.09. The van der Waals surface area contributed by atoms with Crippen LogP contribution in [0.15, 0.2) is 24.3 Å². The second-order valence-corrected chi connectivity index (χ2v) is 5.43. The Morgan fingerprint density at radius 3 is 2.50 bits per heavy atom. The van der Waals surface area contributed by atoms with Crippen molar-refractivity contribution in [1.29, 1.82) is 0 Å². The lowest BCUT2D eigenvalue weighted by molar-refractivity contribution is -0.105. The van der Waals surface area contributed by atoms with E-state index in [0.717, 1.165) is 12.1 Å². The molecule has 1 aromatic heterocycles. The highest BCUT2D eigenvalue weighted by Gasteiger charge is 2.21.